The minimum absolute atomic E-state index is 0.107. The lowest BCUT2D eigenvalue weighted by atomic mass is 10.1. The van der Waals surface area contributed by atoms with Gasteiger partial charge in [-0.05, 0) is 23.6 Å². The van der Waals surface area contributed by atoms with Gasteiger partial charge in [-0.15, -0.1) is 0 Å². The lowest BCUT2D eigenvalue weighted by Gasteiger charge is -2.20. The third-order valence-corrected chi connectivity index (χ3v) is 3.60. The number of nitrogens with one attached hydrogen (secondary N) is 1. The molecule has 0 aliphatic heterocycles. The van der Waals surface area contributed by atoms with Crippen molar-refractivity contribution >= 4 is 24.0 Å². The van der Waals surface area contributed by atoms with Gasteiger partial charge in [-0.25, -0.2) is 0 Å². The Labute approximate surface area is 151 Å². The van der Waals surface area contributed by atoms with E-state index in [9.17, 15) is 14.4 Å². The summed E-state index contributed by atoms with van der Waals surface area (Å²) in [6.07, 6.45) is 1.03. The summed E-state index contributed by atoms with van der Waals surface area (Å²) in [5.74, 6) is -1.47. The van der Waals surface area contributed by atoms with Crippen LogP contribution in [0.5, 0.6) is 0 Å². The molecule has 136 valence electrons. The van der Waals surface area contributed by atoms with E-state index in [4.69, 9.17) is 9.94 Å². The summed E-state index contributed by atoms with van der Waals surface area (Å²) in [5, 5.41) is 12.0. The first-order chi connectivity index (χ1) is 12.6. The van der Waals surface area contributed by atoms with Crippen LogP contribution in [0, 0.1) is 0 Å². The number of anilines is 1. The second-order valence-electron chi connectivity index (χ2n) is 5.49. The molecular formula is C19H20N2O5. The molecule has 0 fully saturated rings. The third-order valence-electron chi connectivity index (χ3n) is 3.60. The number of aryl methyl sites for hydroxylation is 1. The van der Waals surface area contributed by atoms with Crippen LogP contribution in [-0.4, -0.2) is 29.9 Å². The van der Waals surface area contributed by atoms with E-state index in [-0.39, 0.29) is 18.9 Å². The summed E-state index contributed by atoms with van der Waals surface area (Å²) in [5.41, 5.74) is 2.22. The Morgan fingerprint density at radius 1 is 1.08 bits per heavy atom. The average molecular weight is 356 g/mol. The van der Waals surface area contributed by atoms with Crippen molar-refractivity contribution < 1.29 is 24.3 Å². The normalized spacial score (nSPS) is 10.2. The molecule has 7 nitrogen and oxygen atoms in total. The molecule has 0 heterocycles. The van der Waals surface area contributed by atoms with Crippen LogP contribution in [0.4, 0.5) is 5.69 Å². The van der Waals surface area contributed by atoms with Gasteiger partial charge in [0.05, 0.1) is 5.69 Å². The molecule has 0 unspecified atom stereocenters. The standard InChI is InChI=1S/C19H20N2O5/c22-14-21(26-13-15-6-2-1-3-7-15)17-9-5-4-8-16(17)10-11-18(23)20-12-19(24)25/h1-9,14H,10-13H2,(H,20,23)(H,24,25). The molecule has 0 saturated carbocycles. The van der Waals surface area contributed by atoms with Crippen molar-refractivity contribution in [3.8, 4) is 0 Å². The third kappa shape index (κ3) is 6.03. The number of aliphatic carboxylic acids is 1. The first kappa shape index (κ1) is 19.1. The summed E-state index contributed by atoms with van der Waals surface area (Å²) in [6, 6.07) is 16.5. The summed E-state index contributed by atoms with van der Waals surface area (Å²) >= 11 is 0. The largest absolute Gasteiger partial charge is 0.480 e. The quantitative estimate of drug-likeness (QED) is 0.501. The molecule has 0 bridgehead atoms. The molecule has 0 atom stereocenters. The lowest BCUT2D eigenvalue weighted by molar-refractivity contribution is -0.137. The van der Waals surface area contributed by atoms with Crippen molar-refractivity contribution in [2.24, 2.45) is 0 Å². The number of carbonyl (C=O) groups excluding carboxylic acids is 2. The Morgan fingerprint density at radius 2 is 1.77 bits per heavy atom. The smallest absolute Gasteiger partial charge is 0.322 e. The Morgan fingerprint density at radius 3 is 2.46 bits per heavy atom. The second-order valence-corrected chi connectivity index (χ2v) is 5.49. The fourth-order valence-electron chi connectivity index (χ4n) is 2.32. The number of carboxylic acids is 1. The highest BCUT2D eigenvalue weighted by atomic mass is 16.7. The number of hydrogen-bond acceptors (Lipinski definition) is 4. The van der Waals surface area contributed by atoms with Gasteiger partial charge in [0.1, 0.15) is 13.2 Å². The van der Waals surface area contributed by atoms with Gasteiger partial charge in [0.2, 0.25) is 12.3 Å². The van der Waals surface area contributed by atoms with Gasteiger partial charge in [0, 0.05) is 6.42 Å². The topological polar surface area (TPSA) is 95.9 Å². The molecule has 0 aromatic heterocycles. The van der Waals surface area contributed by atoms with E-state index in [2.05, 4.69) is 5.32 Å². The van der Waals surface area contributed by atoms with Crippen LogP contribution >= 0.6 is 0 Å². The lowest BCUT2D eigenvalue weighted by Crippen LogP contribution is -2.29. The van der Waals surface area contributed by atoms with Gasteiger partial charge >= 0.3 is 5.97 Å². The van der Waals surface area contributed by atoms with Crippen molar-refractivity contribution in [2.75, 3.05) is 11.6 Å². The maximum atomic E-state index is 11.7. The van der Waals surface area contributed by atoms with Gasteiger partial charge in [-0.1, -0.05) is 48.5 Å². The SMILES string of the molecule is O=CN(OCc1ccccc1)c1ccccc1CCC(=O)NCC(=O)O. The summed E-state index contributed by atoms with van der Waals surface area (Å²) in [4.78, 5) is 39.2. The van der Waals surface area contributed by atoms with Crippen molar-refractivity contribution in [2.45, 2.75) is 19.4 Å². The van der Waals surface area contributed by atoms with Crippen LogP contribution in [0.25, 0.3) is 0 Å². The van der Waals surface area contributed by atoms with E-state index < -0.39 is 12.5 Å². The molecular weight excluding hydrogens is 336 g/mol. The highest BCUT2D eigenvalue weighted by Crippen LogP contribution is 2.22. The Bertz CT molecular complexity index is 749. The first-order valence-electron chi connectivity index (χ1n) is 8.08. The molecule has 2 N–H and O–H groups in total. The van der Waals surface area contributed by atoms with Gasteiger partial charge in [0.25, 0.3) is 0 Å². The minimum Gasteiger partial charge on any atom is -0.480 e. The second kappa shape index (κ2) is 9.95. The van der Waals surface area contributed by atoms with Crippen molar-refractivity contribution in [3.63, 3.8) is 0 Å². The highest BCUT2D eigenvalue weighted by Gasteiger charge is 2.13. The highest BCUT2D eigenvalue weighted by molar-refractivity contribution is 5.81. The maximum absolute atomic E-state index is 11.7. The van der Waals surface area contributed by atoms with E-state index in [1.165, 1.54) is 0 Å². The molecule has 7 heteroatoms. The summed E-state index contributed by atoms with van der Waals surface area (Å²) in [7, 11) is 0. The van der Waals surface area contributed by atoms with Crippen LogP contribution < -0.4 is 10.4 Å². The number of rotatable bonds is 10. The number of hydroxylamine groups is 1. The molecule has 2 rings (SSSR count). The number of carbonyl (C=O) groups is 3. The predicted octanol–water partition coefficient (Wildman–Crippen LogP) is 1.91. The Kier molecular flexibility index (Phi) is 7.32. The molecule has 2 amide bonds. The molecule has 0 saturated heterocycles. The maximum Gasteiger partial charge on any atom is 0.322 e. The van der Waals surface area contributed by atoms with Gasteiger partial charge in [-0.3, -0.25) is 19.2 Å². The fraction of sp³-hybridized carbons (Fsp3) is 0.211. The molecule has 26 heavy (non-hydrogen) atoms. The van der Waals surface area contributed by atoms with Crippen LogP contribution in [0.3, 0.4) is 0 Å². The zero-order valence-electron chi connectivity index (χ0n) is 14.1. The Balaban J connectivity index is 2.00. The number of para-hydroxylation sites is 1. The number of nitrogens with zero attached hydrogens (tertiary/aromatic N) is 1. The van der Waals surface area contributed by atoms with Crippen LogP contribution in [0.15, 0.2) is 54.6 Å². The zero-order chi connectivity index (χ0) is 18.8. The number of carboxylic acid groups (broad SMARTS) is 1. The zero-order valence-corrected chi connectivity index (χ0v) is 14.1. The first-order valence-corrected chi connectivity index (χ1v) is 8.08. The van der Waals surface area contributed by atoms with E-state index in [0.717, 1.165) is 16.2 Å². The summed E-state index contributed by atoms with van der Waals surface area (Å²) in [6.45, 7) is -0.186. The van der Waals surface area contributed by atoms with Crippen molar-refractivity contribution in [1.82, 2.24) is 5.32 Å². The molecule has 2 aromatic rings. The predicted molar refractivity (Wildman–Crippen MR) is 95.2 cm³/mol. The fourth-order valence-corrected chi connectivity index (χ4v) is 2.32. The number of benzene rings is 2. The van der Waals surface area contributed by atoms with Crippen LogP contribution in [0.2, 0.25) is 0 Å². The van der Waals surface area contributed by atoms with E-state index >= 15 is 0 Å². The molecule has 0 spiro atoms. The van der Waals surface area contributed by atoms with E-state index in [1.807, 2.05) is 30.3 Å². The Hall–Kier alpha value is -3.19. The van der Waals surface area contributed by atoms with Gasteiger partial charge in [0.15, 0.2) is 0 Å². The van der Waals surface area contributed by atoms with Crippen molar-refractivity contribution in [1.29, 1.82) is 0 Å². The number of hydrogen-bond donors (Lipinski definition) is 2. The van der Waals surface area contributed by atoms with E-state index in [0.29, 0.717) is 18.5 Å². The van der Waals surface area contributed by atoms with Gasteiger partial charge < -0.3 is 10.4 Å². The monoisotopic (exact) mass is 356 g/mol. The van der Waals surface area contributed by atoms with Crippen LogP contribution in [-0.2, 0) is 32.2 Å². The summed E-state index contributed by atoms with van der Waals surface area (Å²) < 4.78 is 0. The minimum atomic E-state index is -1.10. The van der Waals surface area contributed by atoms with Gasteiger partial charge in [-0.2, -0.15) is 5.06 Å². The van der Waals surface area contributed by atoms with Crippen LogP contribution in [0.1, 0.15) is 17.5 Å². The average Bonchev–Trinajstić information content (AvgIpc) is 2.66. The molecule has 0 aliphatic rings. The van der Waals surface area contributed by atoms with E-state index in [1.54, 1.807) is 24.3 Å². The van der Waals surface area contributed by atoms with Crippen molar-refractivity contribution in [3.05, 3.63) is 65.7 Å². The molecule has 0 radical (unpaired) electrons. The number of amides is 2. The molecule has 0 aliphatic carbocycles. The molecule has 2 aromatic carbocycles.